The van der Waals surface area contributed by atoms with Crippen LogP contribution in [0.25, 0.3) is 0 Å². The molecule has 2 aromatic rings. The standard InChI is InChI=1S/C12H13NO.C9H9NO/c1-14-11-5-3-10(4-6-11)12(9-13)7-2-8-12;1-11-9-4-2-8(3-5-9)6-7-10/h3-6H,2,7-8H2,1H3;2-5H,6H2,1H3. The molecule has 3 rings (SSSR count). The van der Waals surface area contributed by atoms with Gasteiger partial charge in [0.2, 0.25) is 0 Å². The number of benzene rings is 2. The van der Waals surface area contributed by atoms with Crippen LogP contribution in [0.5, 0.6) is 11.5 Å². The average molecular weight is 334 g/mol. The monoisotopic (exact) mass is 334 g/mol. The topological polar surface area (TPSA) is 66.0 Å². The highest BCUT2D eigenvalue weighted by atomic mass is 16.5. The van der Waals surface area contributed by atoms with Gasteiger partial charge in [-0.2, -0.15) is 10.5 Å². The van der Waals surface area contributed by atoms with Crippen molar-refractivity contribution in [3.8, 4) is 23.6 Å². The molecule has 1 aliphatic carbocycles. The van der Waals surface area contributed by atoms with Crippen LogP contribution < -0.4 is 9.47 Å². The molecule has 0 aliphatic heterocycles. The summed E-state index contributed by atoms with van der Waals surface area (Å²) in [6, 6.07) is 19.8. The maximum absolute atomic E-state index is 9.14. The molecule has 1 saturated carbocycles. The van der Waals surface area contributed by atoms with E-state index >= 15 is 0 Å². The minimum atomic E-state index is -0.202. The molecule has 0 aromatic heterocycles. The minimum absolute atomic E-state index is 0.202. The lowest BCUT2D eigenvalue weighted by Gasteiger charge is -2.35. The predicted octanol–water partition coefficient (Wildman–Crippen LogP) is 4.40. The molecule has 0 bridgehead atoms. The molecule has 1 aliphatic rings. The molecule has 4 heteroatoms. The number of methoxy groups -OCH3 is 2. The van der Waals surface area contributed by atoms with Gasteiger partial charge in [0.05, 0.1) is 38.2 Å². The molecule has 0 atom stereocenters. The normalized spacial score (nSPS) is 13.9. The number of rotatable bonds is 4. The Labute approximate surface area is 149 Å². The van der Waals surface area contributed by atoms with Crippen molar-refractivity contribution in [1.82, 2.24) is 0 Å². The fraction of sp³-hybridized carbons (Fsp3) is 0.333. The van der Waals surface area contributed by atoms with E-state index in [1.807, 2.05) is 48.5 Å². The summed E-state index contributed by atoms with van der Waals surface area (Å²) in [5.74, 6) is 1.67. The van der Waals surface area contributed by atoms with E-state index in [2.05, 4.69) is 12.1 Å². The molecule has 0 radical (unpaired) electrons. The van der Waals surface area contributed by atoms with Crippen molar-refractivity contribution in [1.29, 1.82) is 10.5 Å². The second kappa shape index (κ2) is 8.76. The zero-order valence-electron chi connectivity index (χ0n) is 14.7. The van der Waals surface area contributed by atoms with Crippen LogP contribution in [0.3, 0.4) is 0 Å². The third-order valence-corrected chi connectivity index (χ3v) is 4.51. The minimum Gasteiger partial charge on any atom is -0.497 e. The molecule has 0 unspecified atom stereocenters. The highest BCUT2D eigenvalue weighted by Crippen LogP contribution is 2.43. The number of ether oxygens (including phenoxy) is 2. The van der Waals surface area contributed by atoms with Crippen LogP contribution in [0.2, 0.25) is 0 Å². The van der Waals surface area contributed by atoms with Gasteiger partial charge in [-0.3, -0.25) is 0 Å². The highest BCUT2D eigenvalue weighted by Gasteiger charge is 2.38. The number of hydrogen-bond acceptors (Lipinski definition) is 4. The van der Waals surface area contributed by atoms with E-state index in [9.17, 15) is 0 Å². The first-order valence-electron chi connectivity index (χ1n) is 8.23. The van der Waals surface area contributed by atoms with Crippen molar-refractivity contribution in [2.45, 2.75) is 31.1 Å². The van der Waals surface area contributed by atoms with Crippen LogP contribution in [-0.2, 0) is 11.8 Å². The van der Waals surface area contributed by atoms with E-state index in [0.717, 1.165) is 35.5 Å². The van der Waals surface area contributed by atoms with E-state index in [1.54, 1.807) is 14.2 Å². The van der Waals surface area contributed by atoms with E-state index in [4.69, 9.17) is 20.0 Å². The van der Waals surface area contributed by atoms with Gasteiger partial charge in [0, 0.05) is 0 Å². The van der Waals surface area contributed by atoms with Crippen LogP contribution in [0.15, 0.2) is 48.5 Å². The lowest BCUT2D eigenvalue weighted by atomic mass is 9.65. The maximum Gasteiger partial charge on any atom is 0.118 e. The molecule has 0 amide bonds. The van der Waals surface area contributed by atoms with E-state index in [-0.39, 0.29) is 5.41 Å². The first-order valence-corrected chi connectivity index (χ1v) is 8.23. The molecule has 0 spiro atoms. The zero-order valence-corrected chi connectivity index (χ0v) is 14.7. The van der Waals surface area contributed by atoms with Gasteiger partial charge < -0.3 is 9.47 Å². The van der Waals surface area contributed by atoms with Crippen molar-refractivity contribution in [2.75, 3.05) is 14.2 Å². The molecule has 0 N–H and O–H groups in total. The number of nitrogens with zero attached hydrogens (tertiary/aromatic N) is 2. The number of nitriles is 2. The van der Waals surface area contributed by atoms with Gasteiger partial charge in [-0.15, -0.1) is 0 Å². The molecule has 0 heterocycles. The van der Waals surface area contributed by atoms with E-state index in [0.29, 0.717) is 6.42 Å². The van der Waals surface area contributed by atoms with Gasteiger partial charge in [-0.1, -0.05) is 24.3 Å². The third-order valence-electron chi connectivity index (χ3n) is 4.51. The van der Waals surface area contributed by atoms with E-state index < -0.39 is 0 Å². The van der Waals surface area contributed by atoms with Gasteiger partial charge in [0.1, 0.15) is 11.5 Å². The Kier molecular flexibility index (Phi) is 6.43. The second-order valence-corrected chi connectivity index (χ2v) is 5.96. The third kappa shape index (κ3) is 4.52. The summed E-state index contributed by atoms with van der Waals surface area (Å²) in [5.41, 5.74) is 1.95. The molecule has 1 fully saturated rings. The second-order valence-electron chi connectivity index (χ2n) is 5.96. The summed E-state index contributed by atoms with van der Waals surface area (Å²) in [6.45, 7) is 0. The molecule has 4 nitrogen and oxygen atoms in total. The molecule has 128 valence electrons. The largest absolute Gasteiger partial charge is 0.497 e. The SMILES string of the molecule is COc1ccc(C2(C#N)CCC2)cc1.COc1ccc(CC#N)cc1. The average Bonchev–Trinajstić information content (AvgIpc) is 2.63. The lowest BCUT2D eigenvalue weighted by Crippen LogP contribution is -2.32. The fourth-order valence-electron chi connectivity index (χ4n) is 2.74. The molecular formula is C21H22N2O2. The number of hydrogen-bond donors (Lipinski definition) is 0. The Morgan fingerprint density at radius 2 is 1.40 bits per heavy atom. The van der Waals surface area contributed by atoms with Crippen LogP contribution >= 0.6 is 0 Å². The Hall–Kier alpha value is -2.98. The van der Waals surface area contributed by atoms with Crippen LogP contribution in [0.1, 0.15) is 30.4 Å². The van der Waals surface area contributed by atoms with Crippen molar-refractivity contribution in [3.05, 3.63) is 59.7 Å². The summed E-state index contributed by atoms with van der Waals surface area (Å²) < 4.78 is 10.0. The Balaban J connectivity index is 0.000000186. The summed E-state index contributed by atoms with van der Waals surface area (Å²) in [7, 11) is 3.28. The van der Waals surface area contributed by atoms with Crippen LogP contribution in [0.4, 0.5) is 0 Å². The highest BCUT2D eigenvalue weighted by molar-refractivity contribution is 5.38. The van der Waals surface area contributed by atoms with Crippen molar-refractivity contribution in [3.63, 3.8) is 0 Å². The fourth-order valence-corrected chi connectivity index (χ4v) is 2.74. The predicted molar refractivity (Wildman–Crippen MR) is 96.4 cm³/mol. The van der Waals surface area contributed by atoms with Gasteiger partial charge >= 0.3 is 0 Å². The Morgan fingerprint density at radius 3 is 1.76 bits per heavy atom. The Bertz CT molecular complexity index is 748. The summed E-state index contributed by atoms with van der Waals surface area (Å²) in [6.07, 6.45) is 3.62. The van der Waals surface area contributed by atoms with Gasteiger partial charge in [0.15, 0.2) is 0 Å². The summed E-state index contributed by atoms with van der Waals surface area (Å²) in [5, 5.41) is 17.5. The van der Waals surface area contributed by atoms with Crippen molar-refractivity contribution >= 4 is 0 Å². The zero-order chi connectivity index (χ0) is 18.1. The van der Waals surface area contributed by atoms with E-state index in [1.165, 1.54) is 6.42 Å². The lowest BCUT2D eigenvalue weighted by molar-refractivity contribution is 0.323. The van der Waals surface area contributed by atoms with Gasteiger partial charge in [-0.25, -0.2) is 0 Å². The molecular weight excluding hydrogens is 312 g/mol. The quantitative estimate of drug-likeness (QED) is 0.831. The first-order chi connectivity index (χ1) is 12.2. The first kappa shape index (κ1) is 18.4. The summed E-state index contributed by atoms with van der Waals surface area (Å²) >= 11 is 0. The van der Waals surface area contributed by atoms with Crippen molar-refractivity contribution in [2.24, 2.45) is 0 Å². The van der Waals surface area contributed by atoms with Crippen LogP contribution in [-0.4, -0.2) is 14.2 Å². The molecule has 25 heavy (non-hydrogen) atoms. The van der Waals surface area contributed by atoms with Crippen molar-refractivity contribution < 1.29 is 9.47 Å². The maximum atomic E-state index is 9.14. The Morgan fingerprint density at radius 1 is 0.880 bits per heavy atom. The molecule has 0 saturated heterocycles. The molecule has 2 aromatic carbocycles. The smallest absolute Gasteiger partial charge is 0.118 e. The van der Waals surface area contributed by atoms with Gasteiger partial charge in [-0.05, 0) is 54.7 Å². The summed E-state index contributed by atoms with van der Waals surface area (Å²) in [4.78, 5) is 0. The van der Waals surface area contributed by atoms with Gasteiger partial charge in [0.25, 0.3) is 0 Å². The van der Waals surface area contributed by atoms with Crippen LogP contribution in [0, 0.1) is 22.7 Å².